The Labute approximate surface area is 245 Å². The number of thiocarbonyl (C=S) groups is 1. The number of anilines is 2. The number of ether oxygens (including phenoxy) is 1. The second-order valence-corrected chi connectivity index (χ2v) is 10.5. The Hall–Kier alpha value is -4.07. The van der Waals surface area contributed by atoms with Gasteiger partial charge in [0.15, 0.2) is 5.11 Å². The van der Waals surface area contributed by atoms with Crippen molar-refractivity contribution in [2.45, 2.75) is 37.9 Å². The van der Waals surface area contributed by atoms with E-state index in [0.29, 0.717) is 50.3 Å². The Balaban J connectivity index is 1.38. The van der Waals surface area contributed by atoms with Gasteiger partial charge in [-0.15, -0.1) is 0 Å². The maximum absolute atomic E-state index is 13.8. The van der Waals surface area contributed by atoms with Gasteiger partial charge in [0.2, 0.25) is 0 Å². The zero-order chi connectivity index (χ0) is 30.2. The molecule has 10 nitrogen and oxygen atoms in total. The summed E-state index contributed by atoms with van der Waals surface area (Å²) in [7, 11) is 1.35. The topological polar surface area (TPSA) is 98.7 Å². The van der Waals surface area contributed by atoms with Gasteiger partial charge in [-0.1, -0.05) is 0 Å². The highest BCUT2D eigenvalue weighted by Crippen LogP contribution is 2.48. The van der Waals surface area contributed by atoms with Crippen LogP contribution in [0.2, 0.25) is 0 Å². The molecule has 1 spiro atoms. The predicted octanol–water partition coefficient (Wildman–Crippen LogP) is 4.12. The van der Waals surface area contributed by atoms with E-state index in [1.54, 1.807) is 45.9 Å². The van der Waals surface area contributed by atoms with Crippen molar-refractivity contribution in [1.29, 1.82) is 0 Å². The van der Waals surface area contributed by atoms with Gasteiger partial charge < -0.3 is 19.4 Å². The van der Waals surface area contributed by atoms with Gasteiger partial charge in [0.1, 0.15) is 5.54 Å². The summed E-state index contributed by atoms with van der Waals surface area (Å²) in [6.07, 6.45) is -1.20. The number of aliphatic imine (C=N–C) groups is 1. The maximum Gasteiger partial charge on any atom is 0.418 e. The number of rotatable bonds is 5. The summed E-state index contributed by atoms with van der Waals surface area (Å²) in [5.41, 5.74) is -1.50. The van der Waals surface area contributed by atoms with E-state index in [4.69, 9.17) is 17.0 Å². The fourth-order valence-electron chi connectivity index (χ4n) is 5.49. The Bertz CT molecular complexity index is 1440. The number of amides is 3. The molecular weight excluding hydrogens is 573 g/mol. The molecule has 0 atom stereocenters. The van der Waals surface area contributed by atoms with Gasteiger partial charge in [-0.2, -0.15) is 13.2 Å². The van der Waals surface area contributed by atoms with Crippen LogP contribution in [0.3, 0.4) is 0 Å². The van der Waals surface area contributed by atoms with Crippen LogP contribution >= 0.6 is 12.2 Å². The van der Waals surface area contributed by atoms with Crippen molar-refractivity contribution in [3.63, 3.8) is 0 Å². The van der Waals surface area contributed by atoms with Crippen LogP contribution in [0.4, 0.5) is 29.3 Å². The smallest absolute Gasteiger partial charge is 0.418 e. The Morgan fingerprint density at radius 2 is 1.74 bits per heavy atom. The van der Waals surface area contributed by atoms with Crippen LogP contribution in [0.25, 0.3) is 0 Å². The average molecular weight is 603 g/mol. The standard InChI is InChI=1S/C28H29F3N6O4S/c1-3-41-26(40)35-13-11-34(12-14-35)23(38)18-5-7-19(8-6-18)37-25(42)36(24(39)27(37)9-4-10-27)20-15-21(28(29,30)31)22(17-32-2)33-16-20/h5-8,15-17H,3-4,9-14H2,1-2H3/b32-17-. The fraction of sp³-hybridized carbons (Fsp3) is 0.429. The van der Waals surface area contributed by atoms with E-state index in [1.165, 1.54) is 13.2 Å². The number of aromatic nitrogens is 1. The first-order valence-corrected chi connectivity index (χ1v) is 13.9. The molecule has 222 valence electrons. The molecule has 0 bridgehead atoms. The third kappa shape index (κ3) is 5.08. The molecule has 0 N–H and O–H groups in total. The highest BCUT2D eigenvalue weighted by atomic mass is 32.1. The molecular formula is C28H29F3N6O4S. The van der Waals surface area contributed by atoms with Crippen molar-refractivity contribution in [3.8, 4) is 0 Å². The first-order chi connectivity index (χ1) is 20.0. The minimum atomic E-state index is -4.72. The summed E-state index contributed by atoms with van der Waals surface area (Å²) in [6.45, 7) is 3.46. The first-order valence-electron chi connectivity index (χ1n) is 13.5. The number of pyridine rings is 1. The first kappa shape index (κ1) is 29.4. The van der Waals surface area contributed by atoms with Gasteiger partial charge in [-0.3, -0.25) is 24.5 Å². The van der Waals surface area contributed by atoms with Crippen molar-refractivity contribution in [2.24, 2.45) is 4.99 Å². The van der Waals surface area contributed by atoms with Crippen molar-refractivity contribution >= 4 is 52.8 Å². The normalized spacial score (nSPS) is 18.7. The van der Waals surface area contributed by atoms with Crippen LogP contribution in [-0.2, 0) is 15.7 Å². The number of carbonyl (C=O) groups excluding carboxylic acids is 3. The lowest BCUT2D eigenvalue weighted by Crippen LogP contribution is -2.55. The number of hydrogen-bond acceptors (Lipinski definition) is 7. The SMILES string of the molecule is CCOC(=O)N1CCN(C(=O)c2ccc(N3C(=S)N(c4cnc(/C=N\C)c(C(F)(F)F)c4)C(=O)C34CCC4)cc2)CC1. The van der Waals surface area contributed by atoms with E-state index in [-0.39, 0.29) is 29.0 Å². The molecule has 2 aliphatic heterocycles. The number of piperazine rings is 1. The highest BCUT2D eigenvalue weighted by molar-refractivity contribution is 7.81. The van der Waals surface area contributed by atoms with Gasteiger partial charge >= 0.3 is 12.3 Å². The average Bonchev–Trinajstić information content (AvgIpc) is 3.19. The molecule has 3 fully saturated rings. The lowest BCUT2D eigenvalue weighted by atomic mass is 9.75. The van der Waals surface area contributed by atoms with Crippen molar-refractivity contribution in [3.05, 3.63) is 53.3 Å². The van der Waals surface area contributed by atoms with Crippen LogP contribution in [0.15, 0.2) is 41.5 Å². The van der Waals surface area contributed by atoms with Gasteiger partial charge in [0.05, 0.1) is 29.7 Å². The molecule has 1 aromatic carbocycles. The highest BCUT2D eigenvalue weighted by Gasteiger charge is 2.59. The molecule has 14 heteroatoms. The van der Waals surface area contributed by atoms with Crippen LogP contribution < -0.4 is 9.80 Å². The van der Waals surface area contributed by atoms with Crippen LogP contribution in [0.1, 0.15) is 47.8 Å². The summed E-state index contributed by atoms with van der Waals surface area (Å²) < 4.78 is 46.5. The Morgan fingerprint density at radius 3 is 2.29 bits per heavy atom. The molecule has 42 heavy (non-hydrogen) atoms. The number of carbonyl (C=O) groups is 3. The third-order valence-corrected chi connectivity index (χ3v) is 8.14. The van der Waals surface area contributed by atoms with Gasteiger partial charge in [-0.25, -0.2) is 4.79 Å². The molecule has 3 amide bonds. The number of nitrogens with zero attached hydrogens (tertiary/aromatic N) is 6. The number of hydrogen-bond donors (Lipinski definition) is 0. The molecule has 5 rings (SSSR count). The van der Waals surface area contributed by atoms with E-state index in [1.807, 2.05) is 0 Å². The van der Waals surface area contributed by atoms with Crippen LogP contribution in [0, 0.1) is 0 Å². The fourth-order valence-corrected chi connectivity index (χ4v) is 5.96. The van der Waals surface area contributed by atoms with E-state index in [0.717, 1.165) is 23.6 Å². The molecule has 3 heterocycles. The molecule has 1 aromatic heterocycles. The van der Waals surface area contributed by atoms with Crippen molar-refractivity contribution in [2.75, 3.05) is 49.6 Å². The van der Waals surface area contributed by atoms with E-state index < -0.39 is 29.3 Å². The van der Waals surface area contributed by atoms with Crippen molar-refractivity contribution in [1.82, 2.24) is 14.8 Å². The van der Waals surface area contributed by atoms with Crippen LogP contribution in [0.5, 0.6) is 0 Å². The largest absolute Gasteiger partial charge is 0.450 e. The molecule has 0 unspecified atom stereocenters. The molecule has 1 saturated carbocycles. The minimum absolute atomic E-state index is 0.0423. The van der Waals surface area contributed by atoms with E-state index >= 15 is 0 Å². The molecule has 0 radical (unpaired) electrons. The molecule has 2 saturated heterocycles. The monoisotopic (exact) mass is 602 g/mol. The quantitative estimate of drug-likeness (QED) is 0.375. The molecule has 2 aromatic rings. The summed E-state index contributed by atoms with van der Waals surface area (Å²) in [6, 6.07) is 7.52. The van der Waals surface area contributed by atoms with E-state index in [2.05, 4.69) is 9.98 Å². The summed E-state index contributed by atoms with van der Waals surface area (Å²) in [4.78, 5) is 52.4. The minimum Gasteiger partial charge on any atom is -0.450 e. The number of halogens is 3. The zero-order valence-corrected chi connectivity index (χ0v) is 23.9. The number of benzene rings is 1. The van der Waals surface area contributed by atoms with E-state index in [9.17, 15) is 27.6 Å². The lowest BCUT2D eigenvalue weighted by Gasteiger charge is -2.43. The maximum atomic E-state index is 13.8. The number of alkyl halides is 3. The molecule has 1 aliphatic carbocycles. The summed E-state index contributed by atoms with van der Waals surface area (Å²) in [5, 5.41) is 0.0423. The van der Waals surface area contributed by atoms with Crippen LogP contribution in [-0.4, -0.2) is 89.4 Å². The summed E-state index contributed by atoms with van der Waals surface area (Å²) >= 11 is 5.69. The second kappa shape index (κ2) is 11.3. The zero-order valence-electron chi connectivity index (χ0n) is 23.1. The lowest BCUT2D eigenvalue weighted by molar-refractivity contribution is -0.138. The Morgan fingerprint density at radius 1 is 1.10 bits per heavy atom. The van der Waals surface area contributed by atoms with Gasteiger partial charge in [-0.05, 0) is 68.7 Å². The third-order valence-electron chi connectivity index (χ3n) is 7.78. The Kier molecular flexibility index (Phi) is 7.92. The van der Waals surface area contributed by atoms with Gasteiger partial charge in [0.25, 0.3) is 11.8 Å². The van der Waals surface area contributed by atoms with Gasteiger partial charge in [0, 0.05) is 50.7 Å². The van der Waals surface area contributed by atoms with Crippen molar-refractivity contribution < 1.29 is 32.3 Å². The predicted molar refractivity (Wildman–Crippen MR) is 153 cm³/mol. The summed E-state index contributed by atoms with van der Waals surface area (Å²) in [5.74, 6) is -0.614. The second-order valence-electron chi connectivity index (χ2n) is 10.2. The molecule has 3 aliphatic rings.